The molecule has 19 heavy (non-hydrogen) atoms. The topological polar surface area (TPSA) is 47.6 Å². The first-order valence-electron chi connectivity index (χ1n) is 6.02. The minimum Gasteiger partial charge on any atom is -0.454 e. The Balaban J connectivity index is 1.58. The van der Waals surface area contributed by atoms with E-state index < -0.39 is 0 Å². The molecule has 5 heteroatoms. The summed E-state index contributed by atoms with van der Waals surface area (Å²) in [6.07, 6.45) is 0.847. The number of hydrogen-bond acceptors (Lipinski definition) is 4. The quantitative estimate of drug-likeness (QED) is 0.932. The van der Waals surface area contributed by atoms with E-state index >= 15 is 0 Å². The highest BCUT2D eigenvalue weighted by atomic mass is 32.1. The molecule has 1 aliphatic rings. The number of hydrogen-bond donors (Lipinski definition) is 1. The van der Waals surface area contributed by atoms with Crippen LogP contribution in [0.4, 0.5) is 0 Å². The molecule has 0 radical (unpaired) electrons. The normalized spacial score (nSPS) is 12.4. The van der Waals surface area contributed by atoms with Crippen LogP contribution < -0.4 is 14.8 Å². The smallest absolute Gasteiger partial charge is 0.251 e. The van der Waals surface area contributed by atoms with E-state index in [1.165, 1.54) is 5.56 Å². The molecule has 3 rings (SSSR count). The van der Waals surface area contributed by atoms with Crippen molar-refractivity contribution in [2.24, 2.45) is 0 Å². The van der Waals surface area contributed by atoms with Crippen LogP contribution in [0.1, 0.15) is 15.9 Å². The fraction of sp³-hybridized carbons (Fsp3) is 0.214. The van der Waals surface area contributed by atoms with E-state index in [1.54, 1.807) is 29.5 Å². The van der Waals surface area contributed by atoms with Gasteiger partial charge in [0.05, 0.1) is 0 Å². The lowest BCUT2D eigenvalue weighted by molar-refractivity contribution is 0.0953. The lowest BCUT2D eigenvalue weighted by Gasteiger charge is -2.05. The van der Waals surface area contributed by atoms with Gasteiger partial charge in [0.1, 0.15) is 0 Å². The zero-order chi connectivity index (χ0) is 13.1. The molecule has 2 aromatic rings. The molecular formula is C14H13NO3S. The van der Waals surface area contributed by atoms with Crippen LogP contribution in [0, 0.1) is 0 Å². The maximum absolute atomic E-state index is 12.0. The van der Waals surface area contributed by atoms with Crippen molar-refractivity contribution in [2.45, 2.75) is 6.42 Å². The lowest BCUT2D eigenvalue weighted by atomic mass is 10.2. The molecule has 0 saturated heterocycles. The molecule has 0 bridgehead atoms. The molecule has 0 saturated carbocycles. The third kappa shape index (κ3) is 2.71. The van der Waals surface area contributed by atoms with E-state index in [9.17, 15) is 4.79 Å². The fourth-order valence-corrected chi connectivity index (χ4v) is 2.60. The Morgan fingerprint density at radius 2 is 2.16 bits per heavy atom. The molecular weight excluding hydrogens is 262 g/mol. The number of carbonyl (C=O) groups is 1. The van der Waals surface area contributed by atoms with Crippen molar-refractivity contribution in [1.29, 1.82) is 0 Å². The van der Waals surface area contributed by atoms with E-state index in [1.807, 2.05) is 5.38 Å². The van der Waals surface area contributed by atoms with Gasteiger partial charge in [-0.2, -0.15) is 11.3 Å². The molecule has 1 aliphatic heterocycles. The second kappa shape index (κ2) is 5.32. The van der Waals surface area contributed by atoms with Gasteiger partial charge in [-0.3, -0.25) is 4.79 Å². The second-order valence-electron chi connectivity index (χ2n) is 4.21. The summed E-state index contributed by atoms with van der Waals surface area (Å²) in [5.74, 6) is 1.23. The van der Waals surface area contributed by atoms with Crippen molar-refractivity contribution in [1.82, 2.24) is 5.32 Å². The van der Waals surface area contributed by atoms with Crippen LogP contribution in [0.2, 0.25) is 0 Å². The largest absolute Gasteiger partial charge is 0.454 e. The van der Waals surface area contributed by atoms with Crippen LogP contribution in [-0.2, 0) is 6.42 Å². The van der Waals surface area contributed by atoms with E-state index in [4.69, 9.17) is 9.47 Å². The van der Waals surface area contributed by atoms with Crippen LogP contribution in [-0.4, -0.2) is 19.2 Å². The molecule has 4 nitrogen and oxygen atoms in total. The van der Waals surface area contributed by atoms with Crippen molar-refractivity contribution in [3.05, 3.63) is 46.2 Å². The number of benzene rings is 1. The van der Waals surface area contributed by atoms with Gasteiger partial charge >= 0.3 is 0 Å². The summed E-state index contributed by atoms with van der Waals surface area (Å²) in [4.78, 5) is 12.0. The van der Waals surface area contributed by atoms with Gasteiger partial charge in [0, 0.05) is 12.1 Å². The molecule has 0 spiro atoms. The minimum absolute atomic E-state index is 0.0893. The first-order chi connectivity index (χ1) is 9.33. The molecule has 98 valence electrons. The molecule has 1 aromatic heterocycles. The summed E-state index contributed by atoms with van der Waals surface area (Å²) < 4.78 is 10.5. The third-order valence-electron chi connectivity index (χ3n) is 2.91. The molecule has 1 amide bonds. The van der Waals surface area contributed by atoms with Gasteiger partial charge in [-0.1, -0.05) is 0 Å². The van der Waals surface area contributed by atoms with Gasteiger partial charge in [-0.15, -0.1) is 0 Å². The predicted molar refractivity (Wildman–Crippen MR) is 72.9 cm³/mol. The lowest BCUT2D eigenvalue weighted by Crippen LogP contribution is -2.25. The summed E-state index contributed by atoms with van der Waals surface area (Å²) in [5.41, 5.74) is 1.84. The molecule has 1 aromatic carbocycles. The zero-order valence-corrected chi connectivity index (χ0v) is 11.0. The van der Waals surface area contributed by atoms with Crippen LogP contribution in [0.5, 0.6) is 11.5 Å². The summed E-state index contributed by atoms with van der Waals surface area (Å²) in [6, 6.07) is 7.28. The second-order valence-corrected chi connectivity index (χ2v) is 4.99. The van der Waals surface area contributed by atoms with Gasteiger partial charge in [-0.25, -0.2) is 0 Å². The molecule has 2 heterocycles. The minimum atomic E-state index is -0.0893. The fourth-order valence-electron chi connectivity index (χ4n) is 1.90. The Bertz CT molecular complexity index is 580. The van der Waals surface area contributed by atoms with Crippen LogP contribution >= 0.6 is 11.3 Å². The van der Waals surface area contributed by atoms with Crippen LogP contribution in [0.15, 0.2) is 35.0 Å². The van der Waals surface area contributed by atoms with Crippen LogP contribution in [0.3, 0.4) is 0 Å². The number of rotatable bonds is 4. The van der Waals surface area contributed by atoms with Crippen molar-refractivity contribution >= 4 is 17.2 Å². The highest BCUT2D eigenvalue weighted by molar-refractivity contribution is 7.07. The van der Waals surface area contributed by atoms with Gasteiger partial charge in [-0.05, 0) is 47.0 Å². The number of ether oxygens (including phenoxy) is 2. The van der Waals surface area contributed by atoms with E-state index in [0.717, 1.165) is 6.42 Å². The number of nitrogens with one attached hydrogen (secondary N) is 1. The van der Waals surface area contributed by atoms with Crippen molar-refractivity contribution in [3.63, 3.8) is 0 Å². The van der Waals surface area contributed by atoms with E-state index in [2.05, 4.69) is 16.8 Å². The Hall–Kier alpha value is -2.01. The summed E-state index contributed by atoms with van der Waals surface area (Å²) in [5, 5.41) is 7.02. The number of carbonyl (C=O) groups excluding carboxylic acids is 1. The highest BCUT2D eigenvalue weighted by Crippen LogP contribution is 2.32. The summed E-state index contributed by atoms with van der Waals surface area (Å²) in [6.45, 7) is 0.850. The van der Waals surface area contributed by atoms with Gasteiger partial charge < -0.3 is 14.8 Å². The monoisotopic (exact) mass is 275 g/mol. The summed E-state index contributed by atoms with van der Waals surface area (Å²) in [7, 11) is 0. The first kappa shape index (κ1) is 12.0. The Morgan fingerprint density at radius 1 is 1.26 bits per heavy atom. The van der Waals surface area contributed by atoms with Crippen molar-refractivity contribution in [3.8, 4) is 11.5 Å². The molecule has 0 atom stereocenters. The van der Waals surface area contributed by atoms with Crippen molar-refractivity contribution < 1.29 is 14.3 Å². The zero-order valence-electron chi connectivity index (χ0n) is 10.2. The van der Waals surface area contributed by atoms with Crippen LogP contribution in [0.25, 0.3) is 0 Å². The molecule has 0 unspecified atom stereocenters. The Morgan fingerprint density at radius 3 is 3.00 bits per heavy atom. The molecule has 0 fully saturated rings. The van der Waals surface area contributed by atoms with Crippen molar-refractivity contribution in [2.75, 3.05) is 13.3 Å². The average Bonchev–Trinajstić information content (AvgIpc) is 3.08. The maximum Gasteiger partial charge on any atom is 0.251 e. The van der Waals surface area contributed by atoms with Gasteiger partial charge in [0.25, 0.3) is 5.91 Å². The highest BCUT2D eigenvalue weighted by Gasteiger charge is 2.15. The SMILES string of the molecule is O=C(NCCc1ccsc1)c1ccc2c(c1)OCO2. The van der Waals surface area contributed by atoms with Gasteiger partial charge in [0.15, 0.2) is 11.5 Å². The van der Waals surface area contributed by atoms with E-state index in [-0.39, 0.29) is 12.7 Å². The molecule has 0 aliphatic carbocycles. The Kier molecular flexibility index (Phi) is 3.37. The summed E-state index contributed by atoms with van der Waals surface area (Å²) >= 11 is 1.67. The van der Waals surface area contributed by atoms with Gasteiger partial charge in [0.2, 0.25) is 6.79 Å². The number of fused-ring (bicyclic) bond motifs is 1. The standard InChI is InChI=1S/C14H13NO3S/c16-14(15-5-3-10-4-6-19-8-10)11-1-2-12-13(7-11)18-9-17-12/h1-2,4,6-8H,3,5,9H2,(H,15,16). The Labute approximate surface area is 115 Å². The molecule has 1 N–H and O–H groups in total. The van der Waals surface area contributed by atoms with E-state index in [0.29, 0.717) is 23.6 Å². The third-order valence-corrected chi connectivity index (χ3v) is 3.65. The predicted octanol–water partition coefficient (Wildman–Crippen LogP) is 2.45. The number of thiophene rings is 1. The first-order valence-corrected chi connectivity index (χ1v) is 6.96. The average molecular weight is 275 g/mol. The number of amides is 1. The maximum atomic E-state index is 12.0.